The lowest BCUT2D eigenvalue weighted by Crippen LogP contribution is -2.27. The molecule has 0 spiro atoms. The highest BCUT2D eigenvalue weighted by Crippen LogP contribution is 2.26. The molecule has 0 fully saturated rings. The SMILES string of the molecule is CN1CCOc2ccc(NC(=O)c3cccc(Br)c3)cc2C1=O. The van der Waals surface area contributed by atoms with Crippen LogP contribution in [0.4, 0.5) is 5.69 Å². The summed E-state index contributed by atoms with van der Waals surface area (Å²) < 4.78 is 6.40. The van der Waals surface area contributed by atoms with Crippen molar-refractivity contribution in [3.05, 3.63) is 58.1 Å². The zero-order valence-corrected chi connectivity index (χ0v) is 14.1. The molecule has 118 valence electrons. The summed E-state index contributed by atoms with van der Waals surface area (Å²) in [6, 6.07) is 12.2. The number of ether oxygens (including phenoxy) is 1. The number of halogens is 1. The number of likely N-dealkylation sites (N-methyl/N-ethyl adjacent to an activating group) is 1. The van der Waals surface area contributed by atoms with Gasteiger partial charge in [-0.05, 0) is 36.4 Å². The van der Waals surface area contributed by atoms with Crippen molar-refractivity contribution in [1.82, 2.24) is 4.90 Å². The Balaban J connectivity index is 1.86. The Hall–Kier alpha value is -2.34. The van der Waals surface area contributed by atoms with Crippen LogP contribution in [0.2, 0.25) is 0 Å². The molecule has 2 aromatic rings. The van der Waals surface area contributed by atoms with Gasteiger partial charge in [0.25, 0.3) is 11.8 Å². The number of benzene rings is 2. The van der Waals surface area contributed by atoms with E-state index in [0.717, 1.165) is 4.47 Å². The van der Waals surface area contributed by atoms with Crippen molar-refractivity contribution in [2.75, 3.05) is 25.5 Å². The van der Waals surface area contributed by atoms with Crippen LogP contribution in [-0.4, -0.2) is 36.9 Å². The molecule has 2 amide bonds. The number of amides is 2. The molecule has 6 heteroatoms. The molecule has 1 aliphatic heterocycles. The van der Waals surface area contributed by atoms with Gasteiger partial charge in [-0.25, -0.2) is 0 Å². The molecule has 1 heterocycles. The van der Waals surface area contributed by atoms with Gasteiger partial charge in [-0.2, -0.15) is 0 Å². The van der Waals surface area contributed by atoms with E-state index in [0.29, 0.717) is 35.7 Å². The summed E-state index contributed by atoms with van der Waals surface area (Å²) in [4.78, 5) is 26.2. The average molecular weight is 375 g/mol. The fraction of sp³-hybridized carbons (Fsp3) is 0.176. The van der Waals surface area contributed by atoms with Crippen LogP contribution in [-0.2, 0) is 0 Å². The first-order valence-electron chi connectivity index (χ1n) is 7.14. The second-order valence-corrected chi connectivity index (χ2v) is 6.17. The second kappa shape index (κ2) is 6.42. The predicted octanol–water partition coefficient (Wildman–Crippen LogP) is 3.17. The van der Waals surface area contributed by atoms with Gasteiger partial charge in [-0.15, -0.1) is 0 Å². The van der Waals surface area contributed by atoms with Gasteiger partial charge in [0, 0.05) is 22.8 Å². The molecular weight excluding hydrogens is 360 g/mol. The molecule has 0 aliphatic carbocycles. The molecule has 2 aromatic carbocycles. The largest absolute Gasteiger partial charge is 0.491 e. The Morgan fingerprint density at radius 1 is 1.26 bits per heavy atom. The molecule has 0 saturated carbocycles. The Kier molecular flexibility index (Phi) is 4.34. The van der Waals surface area contributed by atoms with Crippen LogP contribution in [0.3, 0.4) is 0 Å². The van der Waals surface area contributed by atoms with E-state index < -0.39 is 0 Å². The first-order valence-corrected chi connectivity index (χ1v) is 7.93. The molecule has 0 unspecified atom stereocenters. The average Bonchev–Trinajstić information content (AvgIpc) is 2.67. The smallest absolute Gasteiger partial charge is 0.257 e. The maximum Gasteiger partial charge on any atom is 0.257 e. The molecule has 0 radical (unpaired) electrons. The van der Waals surface area contributed by atoms with Gasteiger partial charge < -0.3 is 15.0 Å². The van der Waals surface area contributed by atoms with Gasteiger partial charge in [0.2, 0.25) is 0 Å². The lowest BCUT2D eigenvalue weighted by molar-refractivity contribution is 0.0796. The van der Waals surface area contributed by atoms with Crippen molar-refractivity contribution in [3.63, 3.8) is 0 Å². The number of anilines is 1. The van der Waals surface area contributed by atoms with E-state index in [1.54, 1.807) is 48.3 Å². The third kappa shape index (κ3) is 3.37. The van der Waals surface area contributed by atoms with Crippen LogP contribution in [0.25, 0.3) is 0 Å². The van der Waals surface area contributed by atoms with E-state index in [1.807, 2.05) is 6.07 Å². The Bertz CT molecular complexity index is 776. The monoisotopic (exact) mass is 374 g/mol. The lowest BCUT2D eigenvalue weighted by Gasteiger charge is -2.13. The summed E-state index contributed by atoms with van der Waals surface area (Å²) in [5, 5.41) is 2.81. The quantitative estimate of drug-likeness (QED) is 0.877. The molecular formula is C17H15BrN2O3. The maximum absolute atomic E-state index is 12.3. The fourth-order valence-corrected chi connectivity index (χ4v) is 2.73. The number of fused-ring (bicyclic) bond motifs is 1. The molecule has 0 saturated heterocycles. The number of nitrogens with one attached hydrogen (secondary N) is 1. The third-order valence-electron chi connectivity index (χ3n) is 3.59. The van der Waals surface area contributed by atoms with Crippen LogP contribution < -0.4 is 10.1 Å². The third-order valence-corrected chi connectivity index (χ3v) is 4.08. The zero-order chi connectivity index (χ0) is 16.4. The summed E-state index contributed by atoms with van der Waals surface area (Å²) >= 11 is 3.34. The number of hydrogen-bond donors (Lipinski definition) is 1. The zero-order valence-electron chi connectivity index (χ0n) is 12.5. The van der Waals surface area contributed by atoms with Gasteiger partial charge in [0.05, 0.1) is 12.1 Å². The normalized spacial score (nSPS) is 13.8. The number of rotatable bonds is 2. The van der Waals surface area contributed by atoms with Gasteiger partial charge in [-0.1, -0.05) is 22.0 Å². The molecule has 23 heavy (non-hydrogen) atoms. The molecule has 5 nitrogen and oxygen atoms in total. The van der Waals surface area contributed by atoms with Crippen LogP contribution in [0.15, 0.2) is 46.9 Å². The van der Waals surface area contributed by atoms with Gasteiger partial charge in [-0.3, -0.25) is 9.59 Å². The number of carbonyl (C=O) groups is 2. The van der Waals surface area contributed by atoms with Crippen LogP contribution >= 0.6 is 15.9 Å². The van der Waals surface area contributed by atoms with Gasteiger partial charge >= 0.3 is 0 Å². The van der Waals surface area contributed by atoms with Crippen molar-refractivity contribution in [2.24, 2.45) is 0 Å². The minimum absolute atomic E-state index is 0.115. The summed E-state index contributed by atoms with van der Waals surface area (Å²) in [5.74, 6) is 0.192. The molecule has 0 aromatic heterocycles. The van der Waals surface area contributed by atoms with E-state index in [-0.39, 0.29) is 11.8 Å². The van der Waals surface area contributed by atoms with Crippen molar-refractivity contribution in [1.29, 1.82) is 0 Å². The van der Waals surface area contributed by atoms with Crippen LogP contribution in [0.5, 0.6) is 5.75 Å². The van der Waals surface area contributed by atoms with Gasteiger partial charge in [0.1, 0.15) is 12.4 Å². The molecule has 1 N–H and O–H groups in total. The second-order valence-electron chi connectivity index (χ2n) is 5.25. The molecule has 0 bridgehead atoms. The van der Waals surface area contributed by atoms with Crippen molar-refractivity contribution in [2.45, 2.75) is 0 Å². The number of hydrogen-bond acceptors (Lipinski definition) is 3. The standard InChI is InChI=1S/C17H15BrN2O3/c1-20-7-8-23-15-6-5-13(10-14(15)17(20)22)19-16(21)11-3-2-4-12(18)9-11/h2-6,9-10H,7-8H2,1H3,(H,19,21). The van der Waals surface area contributed by atoms with E-state index in [1.165, 1.54) is 0 Å². The van der Waals surface area contributed by atoms with E-state index in [9.17, 15) is 9.59 Å². The first kappa shape index (κ1) is 15.6. The number of nitrogens with zero attached hydrogens (tertiary/aromatic N) is 1. The topological polar surface area (TPSA) is 58.6 Å². The predicted molar refractivity (Wildman–Crippen MR) is 91.0 cm³/mol. The minimum atomic E-state index is -0.235. The summed E-state index contributed by atoms with van der Waals surface area (Å²) in [6.45, 7) is 0.992. The highest BCUT2D eigenvalue weighted by atomic mass is 79.9. The minimum Gasteiger partial charge on any atom is -0.491 e. The van der Waals surface area contributed by atoms with Crippen molar-refractivity contribution >= 4 is 33.4 Å². The lowest BCUT2D eigenvalue weighted by atomic mass is 10.1. The Labute approximate surface area is 142 Å². The van der Waals surface area contributed by atoms with Crippen LogP contribution in [0.1, 0.15) is 20.7 Å². The van der Waals surface area contributed by atoms with Crippen LogP contribution in [0, 0.1) is 0 Å². The highest BCUT2D eigenvalue weighted by Gasteiger charge is 2.21. The van der Waals surface area contributed by atoms with Crippen molar-refractivity contribution < 1.29 is 14.3 Å². The van der Waals surface area contributed by atoms with E-state index in [2.05, 4.69) is 21.2 Å². The molecule has 0 atom stereocenters. The van der Waals surface area contributed by atoms with Crippen molar-refractivity contribution in [3.8, 4) is 5.75 Å². The fourth-order valence-electron chi connectivity index (χ4n) is 2.33. The molecule has 1 aliphatic rings. The Morgan fingerprint density at radius 2 is 2.09 bits per heavy atom. The summed E-state index contributed by atoms with van der Waals surface area (Å²) in [7, 11) is 1.73. The summed E-state index contributed by atoms with van der Waals surface area (Å²) in [6.07, 6.45) is 0. The first-order chi connectivity index (χ1) is 11.0. The van der Waals surface area contributed by atoms with E-state index >= 15 is 0 Å². The highest BCUT2D eigenvalue weighted by molar-refractivity contribution is 9.10. The summed E-state index contributed by atoms with van der Waals surface area (Å²) in [5.41, 5.74) is 1.55. The molecule has 3 rings (SSSR count). The maximum atomic E-state index is 12.3. The Morgan fingerprint density at radius 3 is 2.87 bits per heavy atom. The van der Waals surface area contributed by atoms with Gasteiger partial charge in [0.15, 0.2) is 0 Å². The number of carbonyl (C=O) groups excluding carboxylic acids is 2. The van der Waals surface area contributed by atoms with E-state index in [4.69, 9.17) is 4.74 Å².